The van der Waals surface area contributed by atoms with Crippen molar-refractivity contribution in [2.24, 2.45) is 11.8 Å². The van der Waals surface area contributed by atoms with E-state index < -0.39 is 0 Å². The standard InChI is InChI=1S/C16H23NO2/c1-12-3-2-4-13(9-12)11-17-14-5-6-15-16(10-14)19-8-7-18-15/h5-6,10,12-13,17H,2-4,7-9,11H2,1H3. The monoisotopic (exact) mass is 261 g/mol. The smallest absolute Gasteiger partial charge is 0.163 e. The molecule has 0 amide bonds. The van der Waals surface area contributed by atoms with Crippen molar-refractivity contribution < 1.29 is 9.47 Å². The fourth-order valence-corrected chi connectivity index (χ4v) is 3.16. The lowest BCUT2D eigenvalue weighted by Gasteiger charge is -2.27. The highest BCUT2D eigenvalue weighted by molar-refractivity contribution is 5.55. The molecule has 3 rings (SSSR count). The Bertz CT molecular complexity index is 433. The Morgan fingerprint density at radius 2 is 2.00 bits per heavy atom. The fraction of sp³-hybridized carbons (Fsp3) is 0.625. The normalized spacial score (nSPS) is 25.9. The van der Waals surface area contributed by atoms with Crippen LogP contribution in [-0.2, 0) is 0 Å². The first-order valence-electron chi connectivity index (χ1n) is 7.45. The Balaban J connectivity index is 1.57. The molecule has 1 N–H and O–H groups in total. The van der Waals surface area contributed by atoms with E-state index in [1.807, 2.05) is 6.07 Å². The van der Waals surface area contributed by atoms with Crippen LogP contribution in [0.5, 0.6) is 11.5 Å². The van der Waals surface area contributed by atoms with E-state index in [0.29, 0.717) is 13.2 Å². The number of anilines is 1. The summed E-state index contributed by atoms with van der Waals surface area (Å²) in [6, 6.07) is 6.14. The molecule has 1 aromatic rings. The number of fused-ring (bicyclic) bond motifs is 1. The average Bonchev–Trinajstić information content (AvgIpc) is 2.45. The molecule has 1 saturated carbocycles. The predicted octanol–water partition coefficient (Wildman–Crippen LogP) is 3.70. The maximum absolute atomic E-state index is 5.61. The summed E-state index contributed by atoms with van der Waals surface area (Å²) >= 11 is 0. The van der Waals surface area contributed by atoms with Crippen LogP contribution in [0, 0.1) is 11.8 Å². The van der Waals surface area contributed by atoms with Crippen molar-refractivity contribution in [1.29, 1.82) is 0 Å². The minimum absolute atomic E-state index is 0.649. The lowest BCUT2D eigenvalue weighted by molar-refractivity contribution is 0.171. The molecule has 0 saturated heterocycles. The Hall–Kier alpha value is -1.38. The first-order chi connectivity index (χ1) is 9.31. The summed E-state index contributed by atoms with van der Waals surface area (Å²) in [7, 11) is 0. The second-order valence-electron chi connectivity index (χ2n) is 5.88. The van der Waals surface area contributed by atoms with Crippen LogP contribution in [0.15, 0.2) is 18.2 Å². The van der Waals surface area contributed by atoms with Crippen LogP contribution >= 0.6 is 0 Å². The molecule has 104 valence electrons. The first-order valence-corrected chi connectivity index (χ1v) is 7.45. The molecule has 2 atom stereocenters. The minimum atomic E-state index is 0.649. The van der Waals surface area contributed by atoms with Crippen molar-refractivity contribution in [2.75, 3.05) is 25.1 Å². The lowest BCUT2D eigenvalue weighted by atomic mass is 9.82. The predicted molar refractivity (Wildman–Crippen MR) is 77.0 cm³/mol. The SMILES string of the molecule is CC1CCCC(CNc2ccc3c(c2)OCCO3)C1. The molecule has 1 aromatic carbocycles. The Kier molecular flexibility index (Phi) is 3.81. The maximum atomic E-state index is 5.61. The summed E-state index contributed by atoms with van der Waals surface area (Å²) in [6.45, 7) is 4.75. The number of hydrogen-bond donors (Lipinski definition) is 1. The van der Waals surface area contributed by atoms with Gasteiger partial charge in [0.25, 0.3) is 0 Å². The Labute approximate surface area is 115 Å². The largest absolute Gasteiger partial charge is 0.486 e. The van der Waals surface area contributed by atoms with Gasteiger partial charge in [0.15, 0.2) is 11.5 Å². The summed E-state index contributed by atoms with van der Waals surface area (Å²) in [5.74, 6) is 3.44. The van der Waals surface area contributed by atoms with E-state index in [1.165, 1.54) is 25.7 Å². The van der Waals surface area contributed by atoms with E-state index in [2.05, 4.69) is 24.4 Å². The third kappa shape index (κ3) is 3.14. The van der Waals surface area contributed by atoms with Crippen LogP contribution in [0.1, 0.15) is 32.6 Å². The van der Waals surface area contributed by atoms with Crippen LogP contribution in [-0.4, -0.2) is 19.8 Å². The van der Waals surface area contributed by atoms with E-state index >= 15 is 0 Å². The molecule has 0 spiro atoms. The zero-order chi connectivity index (χ0) is 13.1. The zero-order valence-electron chi connectivity index (χ0n) is 11.7. The van der Waals surface area contributed by atoms with Gasteiger partial charge in [-0.05, 0) is 36.8 Å². The highest BCUT2D eigenvalue weighted by Crippen LogP contribution is 2.33. The van der Waals surface area contributed by atoms with Gasteiger partial charge in [0, 0.05) is 18.3 Å². The number of benzene rings is 1. The zero-order valence-corrected chi connectivity index (χ0v) is 11.7. The van der Waals surface area contributed by atoms with Gasteiger partial charge in [-0.15, -0.1) is 0 Å². The summed E-state index contributed by atoms with van der Waals surface area (Å²) in [5.41, 5.74) is 1.14. The van der Waals surface area contributed by atoms with Crippen molar-refractivity contribution in [3.63, 3.8) is 0 Å². The molecule has 0 radical (unpaired) electrons. The number of hydrogen-bond acceptors (Lipinski definition) is 3. The molecule has 1 aliphatic heterocycles. The first kappa shape index (κ1) is 12.6. The summed E-state index contributed by atoms with van der Waals surface area (Å²) in [4.78, 5) is 0. The molecular formula is C16H23NO2. The molecule has 3 nitrogen and oxygen atoms in total. The van der Waals surface area contributed by atoms with E-state index in [4.69, 9.17) is 9.47 Å². The third-order valence-electron chi connectivity index (χ3n) is 4.18. The van der Waals surface area contributed by atoms with Crippen LogP contribution in [0.4, 0.5) is 5.69 Å². The highest BCUT2D eigenvalue weighted by atomic mass is 16.6. The molecule has 2 aliphatic rings. The van der Waals surface area contributed by atoms with Crippen molar-refractivity contribution in [2.45, 2.75) is 32.6 Å². The molecule has 1 fully saturated rings. The molecule has 19 heavy (non-hydrogen) atoms. The van der Waals surface area contributed by atoms with Crippen molar-refractivity contribution in [3.8, 4) is 11.5 Å². The number of nitrogens with one attached hydrogen (secondary N) is 1. The quantitative estimate of drug-likeness (QED) is 0.900. The number of rotatable bonds is 3. The van der Waals surface area contributed by atoms with Gasteiger partial charge in [-0.25, -0.2) is 0 Å². The van der Waals surface area contributed by atoms with Gasteiger partial charge in [-0.1, -0.05) is 19.8 Å². The van der Waals surface area contributed by atoms with E-state index in [0.717, 1.165) is 35.6 Å². The van der Waals surface area contributed by atoms with Gasteiger partial charge in [0.2, 0.25) is 0 Å². The van der Waals surface area contributed by atoms with Gasteiger partial charge in [0.05, 0.1) is 0 Å². The van der Waals surface area contributed by atoms with E-state index in [-0.39, 0.29) is 0 Å². The fourth-order valence-electron chi connectivity index (χ4n) is 3.16. The lowest BCUT2D eigenvalue weighted by Crippen LogP contribution is -2.21. The molecule has 0 aromatic heterocycles. The number of ether oxygens (including phenoxy) is 2. The Morgan fingerprint density at radius 3 is 2.84 bits per heavy atom. The minimum Gasteiger partial charge on any atom is -0.486 e. The van der Waals surface area contributed by atoms with Crippen LogP contribution in [0.3, 0.4) is 0 Å². The Morgan fingerprint density at radius 1 is 1.16 bits per heavy atom. The van der Waals surface area contributed by atoms with Gasteiger partial charge >= 0.3 is 0 Å². The summed E-state index contributed by atoms with van der Waals surface area (Å²) in [6.07, 6.45) is 5.51. The highest BCUT2D eigenvalue weighted by Gasteiger charge is 2.19. The molecule has 1 aliphatic carbocycles. The molecule has 0 bridgehead atoms. The maximum Gasteiger partial charge on any atom is 0.163 e. The summed E-state index contributed by atoms with van der Waals surface area (Å²) in [5, 5.41) is 3.55. The van der Waals surface area contributed by atoms with Crippen LogP contribution in [0.25, 0.3) is 0 Å². The molecule has 3 heteroatoms. The molecule has 1 heterocycles. The summed E-state index contributed by atoms with van der Waals surface area (Å²) < 4.78 is 11.1. The van der Waals surface area contributed by atoms with Gasteiger partial charge in [-0.2, -0.15) is 0 Å². The topological polar surface area (TPSA) is 30.5 Å². The van der Waals surface area contributed by atoms with Gasteiger partial charge in [0.1, 0.15) is 13.2 Å². The van der Waals surface area contributed by atoms with Gasteiger partial charge in [-0.3, -0.25) is 0 Å². The average molecular weight is 261 g/mol. The van der Waals surface area contributed by atoms with E-state index in [1.54, 1.807) is 0 Å². The third-order valence-corrected chi connectivity index (χ3v) is 4.18. The van der Waals surface area contributed by atoms with Gasteiger partial charge < -0.3 is 14.8 Å². The van der Waals surface area contributed by atoms with E-state index in [9.17, 15) is 0 Å². The second-order valence-corrected chi connectivity index (χ2v) is 5.88. The molecule has 2 unspecified atom stereocenters. The second kappa shape index (κ2) is 5.72. The van der Waals surface area contributed by atoms with Crippen LogP contribution < -0.4 is 14.8 Å². The van der Waals surface area contributed by atoms with Crippen molar-refractivity contribution in [3.05, 3.63) is 18.2 Å². The van der Waals surface area contributed by atoms with Crippen molar-refractivity contribution >= 4 is 5.69 Å². The van der Waals surface area contributed by atoms with Crippen LogP contribution in [0.2, 0.25) is 0 Å². The van der Waals surface area contributed by atoms with Crippen molar-refractivity contribution in [1.82, 2.24) is 0 Å². The molecular weight excluding hydrogens is 238 g/mol.